The predicted octanol–water partition coefficient (Wildman–Crippen LogP) is 3.12. The summed E-state index contributed by atoms with van der Waals surface area (Å²) in [5, 5.41) is 7.35. The van der Waals surface area contributed by atoms with Crippen LogP contribution < -0.4 is 10.9 Å². The first-order chi connectivity index (χ1) is 14.7. The number of thiazole rings is 1. The fourth-order valence-corrected chi connectivity index (χ4v) is 4.61. The van der Waals surface area contributed by atoms with Gasteiger partial charge < -0.3 is 5.32 Å². The number of amides is 1. The lowest BCUT2D eigenvalue weighted by atomic mass is 10.1. The lowest BCUT2D eigenvalue weighted by Crippen LogP contribution is -2.33. The second-order valence-electron chi connectivity index (χ2n) is 6.95. The van der Waals surface area contributed by atoms with Crippen LogP contribution in [0.5, 0.6) is 0 Å². The van der Waals surface area contributed by atoms with E-state index in [2.05, 4.69) is 15.4 Å². The Kier molecular flexibility index (Phi) is 5.42. The van der Waals surface area contributed by atoms with Crippen LogP contribution in [0.2, 0.25) is 0 Å². The van der Waals surface area contributed by atoms with Crippen LogP contribution in [-0.2, 0) is 14.6 Å². The van der Waals surface area contributed by atoms with Gasteiger partial charge in [-0.3, -0.25) is 9.59 Å². The average Bonchev–Trinajstić information content (AvgIpc) is 3.15. The van der Waals surface area contributed by atoms with Crippen molar-refractivity contribution >= 4 is 42.4 Å². The van der Waals surface area contributed by atoms with Crippen LogP contribution in [-0.4, -0.2) is 35.3 Å². The van der Waals surface area contributed by atoms with Crippen molar-refractivity contribution in [1.29, 1.82) is 0 Å². The van der Waals surface area contributed by atoms with Gasteiger partial charge >= 0.3 is 0 Å². The maximum absolute atomic E-state index is 12.8. The lowest BCUT2D eigenvalue weighted by Gasteiger charge is -2.14. The molecule has 4 rings (SSSR count). The topological polar surface area (TPSA) is 111 Å². The maximum atomic E-state index is 12.8. The minimum Gasteiger partial charge on any atom is -0.300 e. The van der Waals surface area contributed by atoms with E-state index >= 15 is 0 Å². The fourth-order valence-electron chi connectivity index (χ4n) is 2.98. The van der Waals surface area contributed by atoms with Gasteiger partial charge in [0.2, 0.25) is 0 Å². The lowest BCUT2D eigenvalue weighted by molar-refractivity contribution is -0.119. The molecular weight excluding hydrogens is 436 g/mol. The molecule has 0 radical (unpaired) electrons. The van der Waals surface area contributed by atoms with Crippen LogP contribution in [0.25, 0.3) is 21.5 Å². The summed E-state index contributed by atoms with van der Waals surface area (Å²) in [6.45, 7) is 1.58. The SMILES string of the molecule is CC(C(=O)Nc1nc2ccc(S(C)(=O)=O)cc2s1)n1nc(-c2ccccc2)ccc1=O. The van der Waals surface area contributed by atoms with Gasteiger partial charge in [-0.15, -0.1) is 0 Å². The fraction of sp³-hybridized carbons (Fsp3) is 0.143. The number of hydrogen-bond acceptors (Lipinski definition) is 7. The second kappa shape index (κ2) is 8.05. The van der Waals surface area contributed by atoms with Gasteiger partial charge in [-0.2, -0.15) is 5.10 Å². The Morgan fingerprint density at radius 3 is 2.55 bits per heavy atom. The highest BCUT2D eigenvalue weighted by Gasteiger charge is 2.20. The number of nitrogens with one attached hydrogen (secondary N) is 1. The molecule has 4 aromatic rings. The third-order valence-corrected chi connectivity index (χ3v) is 6.70. The summed E-state index contributed by atoms with van der Waals surface area (Å²) in [5.41, 5.74) is 1.58. The van der Waals surface area contributed by atoms with Crippen molar-refractivity contribution in [2.24, 2.45) is 0 Å². The van der Waals surface area contributed by atoms with E-state index < -0.39 is 27.3 Å². The summed E-state index contributed by atoms with van der Waals surface area (Å²) in [5.74, 6) is -0.456. The van der Waals surface area contributed by atoms with Gasteiger partial charge in [0.15, 0.2) is 15.0 Å². The Morgan fingerprint density at radius 1 is 1.10 bits per heavy atom. The number of sulfone groups is 1. The van der Waals surface area contributed by atoms with Crippen LogP contribution >= 0.6 is 11.3 Å². The molecule has 10 heteroatoms. The largest absolute Gasteiger partial charge is 0.300 e. The van der Waals surface area contributed by atoms with Crippen LogP contribution in [0.3, 0.4) is 0 Å². The molecule has 0 bridgehead atoms. The Balaban J connectivity index is 1.60. The molecule has 8 nitrogen and oxygen atoms in total. The van der Waals surface area contributed by atoms with Gasteiger partial charge in [0.1, 0.15) is 6.04 Å². The van der Waals surface area contributed by atoms with E-state index in [0.717, 1.165) is 27.8 Å². The Bertz CT molecular complexity index is 1440. The molecule has 2 heterocycles. The van der Waals surface area contributed by atoms with Gasteiger partial charge in [-0.25, -0.2) is 18.1 Å². The number of carbonyl (C=O) groups excluding carboxylic acids is 1. The number of nitrogens with zero attached hydrogens (tertiary/aromatic N) is 3. The molecule has 0 spiro atoms. The maximum Gasteiger partial charge on any atom is 0.267 e. The van der Waals surface area contributed by atoms with Crippen molar-refractivity contribution < 1.29 is 13.2 Å². The molecule has 1 unspecified atom stereocenters. The van der Waals surface area contributed by atoms with Gasteiger partial charge in [0.25, 0.3) is 11.5 Å². The third kappa shape index (κ3) is 4.39. The first-order valence-electron chi connectivity index (χ1n) is 9.29. The molecule has 158 valence electrons. The number of carbonyl (C=O) groups is 1. The number of anilines is 1. The molecule has 0 fully saturated rings. The molecule has 0 saturated carbocycles. The molecule has 0 aliphatic carbocycles. The van der Waals surface area contributed by atoms with Gasteiger partial charge in [-0.1, -0.05) is 41.7 Å². The summed E-state index contributed by atoms with van der Waals surface area (Å²) in [6, 6.07) is 16.1. The zero-order valence-electron chi connectivity index (χ0n) is 16.6. The molecule has 1 amide bonds. The van der Waals surface area contributed by atoms with Gasteiger partial charge in [0.05, 0.1) is 20.8 Å². The number of benzene rings is 2. The highest BCUT2D eigenvalue weighted by Crippen LogP contribution is 2.28. The first-order valence-corrected chi connectivity index (χ1v) is 12.0. The molecule has 1 atom stereocenters. The van der Waals surface area contributed by atoms with Crippen molar-refractivity contribution in [3.05, 3.63) is 71.0 Å². The molecular formula is C21H18N4O4S2. The first kappa shape index (κ1) is 20.9. The van der Waals surface area contributed by atoms with Crippen LogP contribution in [0.15, 0.2) is 70.4 Å². The summed E-state index contributed by atoms with van der Waals surface area (Å²) in [4.78, 5) is 29.6. The van der Waals surface area contributed by atoms with Crippen molar-refractivity contribution in [2.75, 3.05) is 11.6 Å². The standard InChI is InChI=1S/C21H18N4O4S2/c1-13(25-19(26)11-10-16(24-25)14-6-4-3-5-7-14)20(27)23-21-22-17-9-8-15(31(2,28)29)12-18(17)30-21/h3-13H,1-2H3,(H,22,23,27). The molecule has 0 aliphatic rings. The average molecular weight is 455 g/mol. The number of aromatic nitrogens is 3. The summed E-state index contributed by atoms with van der Waals surface area (Å²) < 4.78 is 25.3. The number of hydrogen-bond donors (Lipinski definition) is 1. The van der Waals surface area contributed by atoms with Gasteiger partial charge in [0, 0.05) is 17.9 Å². The van der Waals surface area contributed by atoms with E-state index in [4.69, 9.17) is 0 Å². The van der Waals surface area contributed by atoms with E-state index in [1.165, 1.54) is 18.2 Å². The van der Waals surface area contributed by atoms with Crippen molar-refractivity contribution in [3.8, 4) is 11.3 Å². The van der Waals surface area contributed by atoms with Crippen molar-refractivity contribution in [2.45, 2.75) is 17.9 Å². The molecule has 2 aromatic carbocycles. The quantitative estimate of drug-likeness (QED) is 0.496. The van der Waals surface area contributed by atoms with Crippen LogP contribution in [0.1, 0.15) is 13.0 Å². The summed E-state index contributed by atoms with van der Waals surface area (Å²) >= 11 is 1.16. The normalized spacial score (nSPS) is 12.6. The smallest absolute Gasteiger partial charge is 0.267 e. The van der Waals surface area contributed by atoms with Gasteiger partial charge in [-0.05, 0) is 31.2 Å². The Hall–Kier alpha value is -3.37. The number of rotatable bonds is 5. The Morgan fingerprint density at radius 2 is 1.84 bits per heavy atom. The summed E-state index contributed by atoms with van der Waals surface area (Å²) in [6.07, 6.45) is 1.13. The molecule has 2 aromatic heterocycles. The van der Waals surface area contributed by atoms with Crippen LogP contribution in [0, 0.1) is 0 Å². The third-order valence-electron chi connectivity index (χ3n) is 4.66. The Labute approximate surface area is 182 Å². The highest BCUT2D eigenvalue weighted by molar-refractivity contribution is 7.90. The van der Waals surface area contributed by atoms with E-state index in [1.54, 1.807) is 19.1 Å². The number of fused-ring (bicyclic) bond motifs is 1. The predicted molar refractivity (Wildman–Crippen MR) is 120 cm³/mol. The zero-order valence-corrected chi connectivity index (χ0v) is 18.3. The minimum atomic E-state index is -3.34. The van der Waals surface area contributed by atoms with Crippen molar-refractivity contribution in [1.82, 2.24) is 14.8 Å². The van der Waals surface area contributed by atoms with E-state index in [9.17, 15) is 18.0 Å². The molecule has 1 N–H and O–H groups in total. The second-order valence-corrected chi connectivity index (χ2v) is 10.00. The molecule has 0 aliphatic heterocycles. The zero-order chi connectivity index (χ0) is 22.2. The molecule has 0 saturated heterocycles. The monoisotopic (exact) mass is 454 g/mol. The van der Waals surface area contributed by atoms with E-state index in [-0.39, 0.29) is 4.90 Å². The minimum absolute atomic E-state index is 0.184. The van der Waals surface area contributed by atoms with Crippen LogP contribution in [0.4, 0.5) is 5.13 Å². The van der Waals surface area contributed by atoms with Crippen molar-refractivity contribution in [3.63, 3.8) is 0 Å². The van der Waals surface area contributed by atoms with E-state index in [0.29, 0.717) is 21.0 Å². The van der Waals surface area contributed by atoms with E-state index in [1.807, 2.05) is 30.3 Å². The summed E-state index contributed by atoms with van der Waals surface area (Å²) in [7, 11) is -3.34. The highest BCUT2D eigenvalue weighted by atomic mass is 32.2. The molecule has 31 heavy (non-hydrogen) atoms.